The summed E-state index contributed by atoms with van der Waals surface area (Å²) in [6, 6.07) is 7.53. The summed E-state index contributed by atoms with van der Waals surface area (Å²) in [6.07, 6.45) is -0.457. The molecule has 1 rings (SSSR count). The summed E-state index contributed by atoms with van der Waals surface area (Å²) in [4.78, 5) is 14.1. The summed E-state index contributed by atoms with van der Waals surface area (Å²) >= 11 is 6.13. The minimum absolute atomic E-state index is 0.0724. The Kier molecular flexibility index (Phi) is 7.15. The number of halogens is 1. The van der Waals surface area contributed by atoms with Crippen LogP contribution in [0.15, 0.2) is 24.3 Å². The number of benzene rings is 1. The van der Waals surface area contributed by atoms with Crippen molar-refractivity contribution in [3.05, 3.63) is 34.9 Å². The first-order valence-electron chi connectivity index (χ1n) is 7.27. The van der Waals surface area contributed by atoms with Crippen LogP contribution in [0.5, 0.6) is 0 Å². The molecule has 0 aromatic heterocycles. The van der Waals surface area contributed by atoms with Gasteiger partial charge in [-0.1, -0.05) is 29.8 Å². The van der Waals surface area contributed by atoms with Crippen molar-refractivity contribution in [2.24, 2.45) is 0 Å². The lowest BCUT2D eigenvalue weighted by Gasteiger charge is -2.27. The quantitative estimate of drug-likeness (QED) is 0.813. The van der Waals surface area contributed by atoms with E-state index in [4.69, 9.17) is 11.6 Å². The van der Waals surface area contributed by atoms with E-state index in [9.17, 15) is 9.90 Å². The fourth-order valence-electron chi connectivity index (χ4n) is 2.17. The first-order chi connectivity index (χ1) is 9.81. The van der Waals surface area contributed by atoms with Crippen LogP contribution >= 0.6 is 11.6 Å². The molecular weight excluding hydrogens is 288 g/mol. The Balaban J connectivity index is 2.62. The van der Waals surface area contributed by atoms with Crippen molar-refractivity contribution < 1.29 is 9.90 Å². The molecule has 1 aromatic rings. The second kappa shape index (κ2) is 8.37. The van der Waals surface area contributed by atoms with Crippen LogP contribution in [-0.4, -0.2) is 41.1 Å². The highest BCUT2D eigenvalue weighted by molar-refractivity contribution is 6.31. The highest BCUT2D eigenvalue weighted by Crippen LogP contribution is 2.21. The van der Waals surface area contributed by atoms with Crippen molar-refractivity contribution >= 4 is 17.5 Å². The SMILES string of the molecule is CC(O)CN(CC(=O)NC(C)c1ccccc1Cl)C(C)C. The monoisotopic (exact) mass is 312 g/mol. The van der Waals surface area contributed by atoms with Gasteiger partial charge >= 0.3 is 0 Å². The predicted molar refractivity (Wildman–Crippen MR) is 86.4 cm³/mol. The number of nitrogens with zero attached hydrogens (tertiary/aromatic N) is 1. The van der Waals surface area contributed by atoms with Crippen LogP contribution in [0.2, 0.25) is 5.02 Å². The van der Waals surface area contributed by atoms with E-state index in [1.807, 2.05) is 49.9 Å². The topological polar surface area (TPSA) is 52.6 Å². The molecule has 2 unspecified atom stereocenters. The molecule has 5 heteroatoms. The second-order valence-electron chi connectivity index (χ2n) is 5.68. The Morgan fingerprint density at radius 3 is 2.43 bits per heavy atom. The zero-order valence-corrected chi connectivity index (χ0v) is 13.9. The van der Waals surface area contributed by atoms with Crippen molar-refractivity contribution in [3.8, 4) is 0 Å². The number of carbonyl (C=O) groups excluding carboxylic acids is 1. The third-order valence-electron chi connectivity index (χ3n) is 3.32. The summed E-state index contributed by atoms with van der Waals surface area (Å²) in [7, 11) is 0. The number of aliphatic hydroxyl groups is 1. The second-order valence-corrected chi connectivity index (χ2v) is 6.09. The number of rotatable bonds is 7. The lowest BCUT2D eigenvalue weighted by molar-refractivity contribution is -0.123. The van der Waals surface area contributed by atoms with Gasteiger partial charge in [0.1, 0.15) is 0 Å². The van der Waals surface area contributed by atoms with E-state index in [0.29, 0.717) is 11.6 Å². The highest BCUT2D eigenvalue weighted by atomic mass is 35.5. The lowest BCUT2D eigenvalue weighted by Crippen LogP contribution is -2.44. The molecule has 1 aromatic carbocycles. The van der Waals surface area contributed by atoms with Gasteiger partial charge < -0.3 is 10.4 Å². The average molecular weight is 313 g/mol. The molecule has 0 radical (unpaired) electrons. The van der Waals surface area contributed by atoms with E-state index < -0.39 is 6.10 Å². The van der Waals surface area contributed by atoms with Crippen molar-refractivity contribution in [1.82, 2.24) is 10.2 Å². The molecular formula is C16H25ClN2O2. The van der Waals surface area contributed by atoms with Crippen LogP contribution in [0, 0.1) is 0 Å². The van der Waals surface area contributed by atoms with Crippen molar-refractivity contribution in [2.45, 2.75) is 45.9 Å². The van der Waals surface area contributed by atoms with Crippen molar-refractivity contribution in [1.29, 1.82) is 0 Å². The van der Waals surface area contributed by atoms with Gasteiger partial charge in [0.15, 0.2) is 0 Å². The standard InChI is InChI=1S/C16H25ClN2O2/c1-11(2)19(9-12(3)20)10-16(21)18-13(4)14-7-5-6-8-15(14)17/h5-8,11-13,20H,9-10H2,1-4H3,(H,18,21). The van der Waals surface area contributed by atoms with E-state index in [-0.39, 0.29) is 24.5 Å². The van der Waals surface area contributed by atoms with Crippen LogP contribution in [-0.2, 0) is 4.79 Å². The largest absolute Gasteiger partial charge is 0.392 e. The number of hydrogen-bond acceptors (Lipinski definition) is 3. The third-order valence-corrected chi connectivity index (χ3v) is 3.67. The van der Waals surface area contributed by atoms with Gasteiger partial charge in [-0.2, -0.15) is 0 Å². The molecule has 1 amide bonds. The predicted octanol–water partition coefficient (Wildman–Crippen LogP) is 2.61. The Labute approximate surface area is 132 Å². The fourth-order valence-corrected chi connectivity index (χ4v) is 2.47. The van der Waals surface area contributed by atoms with Gasteiger partial charge in [-0.05, 0) is 39.3 Å². The molecule has 0 heterocycles. The zero-order chi connectivity index (χ0) is 16.0. The van der Waals surface area contributed by atoms with Crippen LogP contribution in [0.25, 0.3) is 0 Å². The molecule has 0 bridgehead atoms. The molecule has 0 spiro atoms. The van der Waals surface area contributed by atoms with Crippen LogP contribution in [0.4, 0.5) is 0 Å². The van der Waals surface area contributed by atoms with Gasteiger partial charge in [-0.3, -0.25) is 9.69 Å². The number of amides is 1. The maximum atomic E-state index is 12.2. The smallest absolute Gasteiger partial charge is 0.234 e. The van der Waals surface area contributed by atoms with Crippen LogP contribution < -0.4 is 5.32 Å². The van der Waals surface area contributed by atoms with E-state index in [2.05, 4.69) is 5.32 Å². The Morgan fingerprint density at radius 1 is 1.29 bits per heavy atom. The van der Waals surface area contributed by atoms with Gasteiger partial charge in [-0.15, -0.1) is 0 Å². The molecule has 2 N–H and O–H groups in total. The third kappa shape index (κ3) is 6.04. The summed E-state index contributed by atoms with van der Waals surface area (Å²) < 4.78 is 0. The van der Waals surface area contributed by atoms with Crippen molar-refractivity contribution in [2.75, 3.05) is 13.1 Å². The van der Waals surface area contributed by atoms with E-state index in [0.717, 1.165) is 5.56 Å². The molecule has 0 aliphatic carbocycles. The maximum absolute atomic E-state index is 12.2. The minimum Gasteiger partial charge on any atom is -0.392 e. The van der Waals surface area contributed by atoms with Gasteiger partial charge in [0.2, 0.25) is 5.91 Å². The summed E-state index contributed by atoms with van der Waals surface area (Å²) in [5.41, 5.74) is 0.902. The highest BCUT2D eigenvalue weighted by Gasteiger charge is 2.18. The molecule has 0 aliphatic heterocycles. The van der Waals surface area contributed by atoms with E-state index >= 15 is 0 Å². The summed E-state index contributed by atoms with van der Waals surface area (Å²) in [5, 5.41) is 13.1. The molecule has 21 heavy (non-hydrogen) atoms. The first kappa shape index (κ1) is 18.0. The number of aliphatic hydroxyl groups excluding tert-OH is 1. The molecule has 4 nitrogen and oxygen atoms in total. The van der Waals surface area contributed by atoms with Crippen molar-refractivity contribution in [3.63, 3.8) is 0 Å². The Hall–Kier alpha value is -1.10. The van der Waals surface area contributed by atoms with Crippen LogP contribution in [0.1, 0.15) is 39.3 Å². The summed E-state index contributed by atoms with van der Waals surface area (Å²) in [5.74, 6) is -0.0724. The molecule has 0 aliphatic rings. The molecule has 0 saturated carbocycles. The minimum atomic E-state index is -0.457. The number of carbonyl (C=O) groups is 1. The maximum Gasteiger partial charge on any atom is 0.234 e. The Morgan fingerprint density at radius 2 is 1.90 bits per heavy atom. The van der Waals surface area contributed by atoms with Crippen LogP contribution in [0.3, 0.4) is 0 Å². The summed E-state index contributed by atoms with van der Waals surface area (Å²) in [6.45, 7) is 8.39. The normalized spacial score (nSPS) is 14.3. The van der Waals surface area contributed by atoms with Gasteiger partial charge in [0.05, 0.1) is 18.7 Å². The Bertz CT molecular complexity index is 463. The molecule has 0 saturated heterocycles. The fraction of sp³-hybridized carbons (Fsp3) is 0.562. The molecule has 2 atom stereocenters. The molecule has 118 valence electrons. The van der Waals surface area contributed by atoms with Gasteiger partial charge in [0, 0.05) is 17.6 Å². The lowest BCUT2D eigenvalue weighted by atomic mass is 10.1. The molecule has 0 fully saturated rings. The van der Waals surface area contributed by atoms with E-state index in [1.54, 1.807) is 6.92 Å². The van der Waals surface area contributed by atoms with E-state index in [1.165, 1.54) is 0 Å². The average Bonchev–Trinajstić information content (AvgIpc) is 2.37. The first-order valence-corrected chi connectivity index (χ1v) is 7.65. The number of hydrogen-bond donors (Lipinski definition) is 2. The van der Waals surface area contributed by atoms with Gasteiger partial charge in [-0.25, -0.2) is 0 Å². The van der Waals surface area contributed by atoms with Gasteiger partial charge in [0.25, 0.3) is 0 Å². The number of nitrogens with one attached hydrogen (secondary N) is 1. The zero-order valence-electron chi connectivity index (χ0n) is 13.1.